The molecule has 200 valence electrons. The van der Waals surface area contributed by atoms with Crippen LogP contribution in [0, 0.1) is 5.41 Å². The van der Waals surface area contributed by atoms with Crippen molar-refractivity contribution in [1.82, 2.24) is 9.55 Å². The normalized spacial score (nSPS) is 14.7. The first-order valence-corrected chi connectivity index (χ1v) is 12.3. The number of ether oxygens (including phenoxy) is 2. The van der Waals surface area contributed by atoms with Crippen molar-refractivity contribution in [2.45, 2.75) is 59.9 Å². The van der Waals surface area contributed by atoms with E-state index in [2.05, 4.69) is 9.88 Å². The molecule has 10 nitrogen and oxygen atoms in total. The van der Waals surface area contributed by atoms with Gasteiger partial charge in [-0.1, -0.05) is 0 Å². The Morgan fingerprint density at radius 2 is 1.82 bits per heavy atom. The molecule has 10 heteroatoms. The summed E-state index contributed by atoms with van der Waals surface area (Å²) in [4.78, 5) is 55.3. The summed E-state index contributed by atoms with van der Waals surface area (Å²) in [6.07, 6.45) is 1.58. The number of hydrogen-bond acceptors (Lipinski definition) is 8. The third-order valence-electron chi connectivity index (χ3n) is 6.67. The van der Waals surface area contributed by atoms with Crippen molar-refractivity contribution in [1.29, 1.82) is 0 Å². The van der Waals surface area contributed by atoms with Crippen LogP contribution < -0.4 is 10.5 Å². The summed E-state index contributed by atoms with van der Waals surface area (Å²) in [6.45, 7) is 5.82. The van der Waals surface area contributed by atoms with E-state index in [1.165, 1.54) is 11.5 Å². The second-order valence-electron chi connectivity index (χ2n) is 10.4. The number of aromatic carboxylic acids is 1. The van der Waals surface area contributed by atoms with E-state index in [0.717, 1.165) is 29.7 Å². The maximum atomic E-state index is 13.6. The zero-order valence-electron chi connectivity index (χ0n) is 22.1. The van der Waals surface area contributed by atoms with Crippen LogP contribution in [-0.4, -0.2) is 39.6 Å². The monoisotopic (exact) mass is 521 g/mol. The van der Waals surface area contributed by atoms with Crippen molar-refractivity contribution in [3.05, 3.63) is 69.3 Å². The Morgan fingerprint density at radius 1 is 1.13 bits per heavy atom. The van der Waals surface area contributed by atoms with Gasteiger partial charge < -0.3 is 19.5 Å². The molecule has 1 atom stereocenters. The van der Waals surface area contributed by atoms with Gasteiger partial charge >= 0.3 is 17.9 Å². The number of fused-ring (bicyclic) bond motifs is 2. The van der Waals surface area contributed by atoms with Crippen molar-refractivity contribution in [2.75, 3.05) is 11.9 Å². The number of carboxylic acid groups (broad SMARTS) is 1. The number of benzene rings is 2. The van der Waals surface area contributed by atoms with Gasteiger partial charge in [-0.2, -0.15) is 0 Å². The van der Waals surface area contributed by atoms with Gasteiger partial charge in [-0.25, -0.2) is 9.78 Å². The number of carboxylic acids is 1. The molecule has 3 aromatic rings. The Labute approximate surface area is 219 Å². The highest BCUT2D eigenvalue weighted by Gasteiger charge is 2.29. The maximum absolute atomic E-state index is 13.6. The first kappa shape index (κ1) is 26.8. The summed E-state index contributed by atoms with van der Waals surface area (Å²) in [5.41, 5.74) is 2.42. The first-order valence-electron chi connectivity index (χ1n) is 12.3. The predicted octanol–water partition coefficient (Wildman–Crippen LogP) is 3.83. The fraction of sp³-hybridized carbons (Fsp3) is 0.393. The van der Waals surface area contributed by atoms with Gasteiger partial charge in [0, 0.05) is 19.7 Å². The molecule has 0 fully saturated rings. The zero-order valence-corrected chi connectivity index (χ0v) is 22.1. The van der Waals surface area contributed by atoms with Crippen LogP contribution >= 0.6 is 0 Å². The van der Waals surface area contributed by atoms with Crippen molar-refractivity contribution in [3.8, 4) is 0 Å². The van der Waals surface area contributed by atoms with Gasteiger partial charge in [0.15, 0.2) is 12.6 Å². The Morgan fingerprint density at radius 3 is 2.42 bits per heavy atom. The van der Waals surface area contributed by atoms with Gasteiger partial charge in [-0.15, -0.1) is 0 Å². The number of rotatable bonds is 7. The molecule has 0 radical (unpaired) electrons. The smallest absolute Gasteiger partial charge is 0.335 e. The second kappa shape index (κ2) is 10.3. The fourth-order valence-corrected chi connectivity index (χ4v) is 4.52. The SMILES string of the molecule is CC(=O)OCc1nc2cc3c(cc2c(=O)n1COC(=O)C(C)(C)C)C(N(C)c1ccc(C(=O)O)cc1)CC3. The predicted molar refractivity (Wildman–Crippen MR) is 140 cm³/mol. The second-order valence-corrected chi connectivity index (χ2v) is 10.4. The zero-order chi connectivity index (χ0) is 27.8. The summed E-state index contributed by atoms with van der Waals surface area (Å²) in [5.74, 6) is -1.80. The van der Waals surface area contributed by atoms with E-state index in [1.54, 1.807) is 45.0 Å². The maximum Gasteiger partial charge on any atom is 0.335 e. The van der Waals surface area contributed by atoms with Crippen LogP contribution in [0.15, 0.2) is 41.2 Å². The summed E-state index contributed by atoms with van der Waals surface area (Å²) in [7, 11) is 1.93. The van der Waals surface area contributed by atoms with Crippen LogP contribution in [0.3, 0.4) is 0 Å². The topological polar surface area (TPSA) is 128 Å². The minimum Gasteiger partial charge on any atom is -0.478 e. The number of aromatic nitrogens is 2. The molecule has 1 aromatic heterocycles. The standard InChI is InChI=1S/C28H31N3O7/c1-16(32)37-14-24-29-22-12-18-8-11-23(30(5)19-9-6-17(7-10-19)26(34)35)20(18)13-21(22)25(33)31(24)15-38-27(36)28(2,3)4/h6-7,9-10,12-13,23H,8,11,14-15H2,1-5H3,(H,34,35). The van der Waals surface area contributed by atoms with Crippen molar-refractivity contribution in [3.63, 3.8) is 0 Å². The molecule has 4 rings (SSSR count). The number of nitrogens with zero attached hydrogens (tertiary/aromatic N) is 3. The Hall–Kier alpha value is -4.21. The van der Waals surface area contributed by atoms with Crippen molar-refractivity contribution in [2.24, 2.45) is 5.41 Å². The lowest BCUT2D eigenvalue weighted by molar-refractivity contribution is -0.157. The molecule has 0 saturated carbocycles. The molecule has 2 aromatic carbocycles. The van der Waals surface area contributed by atoms with E-state index in [0.29, 0.717) is 10.9 Å². The average molecular weight is 522 g/mol. The molecule has 1 heterocycles. The van der Waals surface area contributed by atoms with Gasteiger partial charge in [0.25, 0.3) is 5.56 Å². The molecule has 38 heavy (non-hydrogen) atoms. The Balaban J connectivity index is 1.73. The summed E-state index contributed by atoms with van der Waals surface area (Å²) in [5, 5.41) is 9.55. The molecule has 1 aliphatic carbocycles. The number of esters is 2. The van der Waals surface area contributed by atoms with E-state index < -0.39 is 28.9 Å². The highest BCUT2D eigenvalue weighted by Crippen LogP contribution is 2.39. The van der Waals surface area contributed by atoms with Crippen LogP contribution in [0.4, 0.5) is 5.69 Å². The van der Waals surface area contributed by atoms with E-state index in [9.17, 15) is 24.3 Å². The number of hydrogen-bond donors (Lipinski definition) is 1. The molecule has 0 bridgehead atoms. The van der Waals surface area contributed by atoms with E-state index in [4.69, 9.17) is 9.47 Å². The van der Waals surface area contributed by atoms with E-state index in [1.807, 2.05) is 19.2 Å². The summed E-state index contributed by atoms with van der Waals surface area (Å²) in [6, 6.07) is 10.3. The van der Waals surface area contributed by atoms with Crippen LogP contribution in [0.25, 0.3) is 10.9 Å². The fourth-order valence-electron chi connectivity index (χ4n) is 4.52. The number of carbonyl (C=O) groups excluding carboxylic acids is 2. The molecular weight excluding hydrogens is 490 g/mol. The quantitative estimate of drug-likeness (QED) is 0.461. The molecule has 0 amide bonds. The Kier molecular flexibility index (Phi) is 7.26. The number of aryl methyl sites for hydroxylation is 1. The molecule has 1 N–H and O–H groups in total. The lowest BCUT2D eigenvalue weighted by atomic mass is 9.98. The minimum atomic E-state index is -0.984. The van der Waals surface area contributed by atoms with Gasteiger partial charge in [0.1, 0.15) is 6.61 Å². The third-order valence-corrected chi connectivity index (χ3v) is 6.67. The van der Waals surface area contributed by atoms with Gasteiger partial charge in [0.2, 0.25) is 0 Å². The van der Waals surface area contributed by atoms with E-state index >= 15 is 0 Å². The van der Waals surface area contributed by atoms with Crippen LogP contribution in [0.5, 0.6) is 0 Å². The van der Waals surface area contributed by atoms with Crippen molar-refractivity contribution >= 4 is 34.5 Å². The summed E-state index contributed by atoms with van der Waals surface area (Å²) >= 11 is 0. The first-order chi connectivity index (χ1) is 17.9. The molecular formula is C28H31N3O7. The third kappa shape index (κ3) is 5.39. The number of anilines is 1. The molecule has 1 aliphatic rings. The minimum absolute atomic E-state index is 0.0302. The highest BCUT2D eigenvalue weighted by molar-refractivity contribution is 5.88. The molecule has 0 saturated heterocycles. The van der Waals surface area contributed by atoms with Crippen molar-refractivity contribution < 1.29 is 29.0 Å². The van der Waals surface area contributed by atoms with Crippen LogP contribution in [0.2, 0.25) is 0 Å². The van der Waals surface area contributed by atoms with E-state index in [-0.39, 0.29) is 30.8 Å². The van der Waals surface area contributed by atoms with Gasteiger partial charge in [-0.05, 0) is 81.1 Å². The lowest BCUT2D eigenvalue weighted by Gasteiger charge is -2.28. The molecule has 0 spiro atoms. The van der Waals surface area contributed by atoms with Crippen LogP contribution in [0.1, 0.15) is 67.5 Å². The highest BCUT2D eigenvalue weighted by atomic mass is 16.5. The average Bonchev–Trinajstić information content (AvgIpc) is 3.27. The number of carbonyl (C=O) groups is 3. The van der Waals surface area contributed by atoms with Crippen LogP contribution in [-0.2, 0) is 38.8 Å². The largest absolute Gasteiger partial charge is 0.478 e. The molecule has 1 unspecified atom stereocenters. The van der Waals surface area contributed by atoms with Gasteiger partial charge in [0.05, 0.1) is 27.9 Å². The Bertz CT molecular complexity index is 1470. The van der Waals surface area contributed by atoms with Gasteiger partial charge in [-0.3, -0.25) is 19.0 Å². The summed E-state index contributed by atoms with van der Waals surface area (Å²) < 4.78 is 11.7. The lowest BCUT2D eigenvalue weighted by Crippen LogP contribution is -2.31. The molecule has 0 aliphatic heterocycles.